The standard InChI is InChI=1S/C8H12N4OS/c1-5-3-9-8(14-5)10-4-7-11-6(2)13-12-7/h5H,3-4H2,1-2H3,(H,9,10). The van der Waals surface area contributed by atoms with Gasteiger partial charge in [0.25, 0.3) is 0 Å². The summed E-state index contributed by atoms with van der Waals surface area (Å²) in [5.41, 5.74) is 0. The van der Waals surface area contributed by atoms with Gasteiger partial charge in [0.2, 0.25) is 5.89 Å². The van der Waals surface area contributed by atoms with Crippen molar-refractivity contribution in [2.75, 3.05) is 6.54 Å². The molecule has 2 heterocycles. The molecule has 1 aromatic rings. The summed E-state index contributed by atoms with van der Waals surface area (Å²) in [4.78, 5) is 8.41. The Hall–Kier alpha value is -1.04. The molecule has 0 radical (unpaired) electrons. The predicted octanol–water partition coefficient (Wildman–Crippen LogP) is 0.959. The number of aryl methyl sites for hydroxylation is 1. The van der Waals surface area contributed by atoms with E-state index in [0.717, 1.165) is 11.7 Å². The summed E-state index contributed by atoms with van der Waals surface area (Å²) >= 11 is 1.74. The molecule has 14 heavy (non-hydrogen) atoms. The molecule has 76 valence electrons. The number of nitrogens with zero attached hydrogens (tertiary/aromatic N) is 3. The zero-order valence-corrected chi connectivity index (χ0v) is 8.97. The maximum absolute atomic E-state index is 4.85. The van der Waals surface area contributed by atoms with Gasteiger partial charge in [0, 0.05) is 12.2 Å². The third-order valence-electron chi connectivity index (χ3n) is 1.77. The van der Waals surface area contributed by atoms with Gasteiger partial charge in [-0.25, -0.2) is 0 Å². The van der Waals surface area contributed by atoms with Crippen LogP contribution in [0.2, 0.25) is 0 Å². The number of amidine groups is 1. The van der Waals surface area contributed by atoms with Crippen LogP contribution < -0.4 is 5.32 Å². The van der Waals surface area contributed by atoms with Crippen LogP contribution in [0.3, 0.4) is 0 Å². The second-order valence-electron chi connectivity index (χ2n) is 3.16. The van der Waals surface area contributed by atoms with Gasteiger partial charge in [-0.2, -0.15) is 4.98 Å². The number of aliphatic imine (C=N–C) groups is 1. The lowest BCUT2D eigenvalue weighted by Gasteiger charge is -2.01. The van der Waals surface area contributed by atoms with E-state index in [-0.39, 0.29) is 0 Å². The fourth-order valence-corrected chi connectivity index (χ4v) is 1.98. The third kappa shape index (κ3) is 2.25. The molecule has 1 aliphatic rings. The molecule has 6 heteroatoms. The van der Waals surface area contributed by atoms with Crippen LogP contribution in [0, 0.1) is 6.92 Å². The lowest BCUT2D eigenvalue weighted by molar-refractivity contribution is 0.387. The molecule has 0 aliphatic carbocycles. The van der Waals surface area contributed by atoms with E-state index >= 15 is 0 Å². The largest absolute Gasteiger partial charge is 0.357 e. The molecule has 0 fully saturated rings. The minimum atomic E-state index is 0.574. The first-order chi connectivity index (χ1) is 6.74. The number of rotatable bonds is 2. The van der Waals surface area contributed by atoms with Gasteiger partial charge in [-0.05, 0) is 0 Å². The number of hydrogen-bond acceptors (Lipinski definition) is 6. The van der Waals surface area contributed by atoms with Gasteiger partial charge in [0.05, 0.1) is 13.1 Å². The molecule has 1 N–H and O–H groups in total. The summed E-state index contributed by atoms with van der Waals surface area (Å²) < 4.78 is 4.85. The predicted molar refractivity (Wildman–Crippen MR) is 55.2 cm³/mol. The highest BCUT2D eigenvalue weighted by atomic mass is 32.2. The van der Waals surface area contributed by atoms with Gasteiger partial charge in [-0.15, -0.1) is 0 Å². The molecule has 1 aliphatic heterocycles. The molecule has 0 amide bonds. The van der Waals surface area contributed by atoms with Crippen LogP contribution >= 0.6 is 11.8 Å². The van der Waals surface area contributed by atoms with Crippen LogP contribution in [-0.2, 0) is 6.54 Å². The minimum Gasteiger partial charge on any atom is -0.357 e. The summed E-state index contributed by atoms with van der Waals surface area (Å²) in [5.74, 6) is 1.27. The SMILES string of the molecule is Cc1nc(CNC2=NCC(C)S2)no1. The molecule has 1 aromatic heterocycles. The summed E-state index contributed by atoms with van der Waals surface area (Å²) in [7, 11) is 0. The summed E-state index contributed by atoms with van der Waals surface area (Å²) in [6, 6.07) is 0. The van der Waals surface area contributed by atoms with Gasteiger partial charge >= 0.3 is 0 Å². The van der Waals surface area contributed by atoms with E-state index in [4.69, 9.17) is 4.52 Å². The molecule has 0 bridgehead atoms. The van der Waals surface area contributed by atoms with E-state index < -0.39 is 0 Å². The average molecular weight is 212 g/mol. The van der Waals surface area contributed by atoms with Crippen molar-refractivity contribution >= 4 is 16.9 Å². The van der Waals surface area contributed by atoms with Crippen molar-refractivity contribution in [3.05, 3.63) is 11.7 Å². The summed E-state index contributed by atoms with van der Waals surface area (Å²) in [6.07, 6.45) is 0. The second-order valence-corrected chi connectivity index (χ2v) is 4.58. The molecule has 5 nitrogen and oxygen atoms in total. The molecule has 0 saturated heterocycles. The molecule has 1 unspecified atom stereocenters. The molecule has 1 atom stereocenters. The van der Waals surface area contributed by atoms with Gasteiger partial charge in [0.1, 0.15) is 0 Å². The fourth-order valence-electron chi connectivity index (χ4n) is 1.14. The van der Waals surface area contributed by atoms with Crippen LogP contribution in [0.4, 0.5) is 0 Å². The van der Waals surface area contributed by atoms with Gasteiger partial charge in [-0.3, -0.25) is 4.99 Å². The van der Waals surface area contributed by atoms with Crippen LogP contribution in [-0.4, -0.2) is 27.1 Å². The topological polar surface area (TPSA) is 63.3 Å². The fraction of sp³-hybridized carbons (Fsp3) is 0.625. The highest BCUT2D eigenvalue weighted by molar-refractivity contribution is 8.14. The van der Waals surface area contributed by atoms with Crippen molar-refractivity contribution in [2.24, 2.45) is 4.99 Å². The lowest BCUT2D eigenvalue weighted by atomic mass is 10.5. The molecule has 0 spiro atoms. The van der Waals surface area contributed by atoms with Crippen molar-refractivity contribution in [3.63, 3.8) is 0 Å². The lowest BCUT2D eigenvalue weighted by Crippen LogP contribution is -2.19. The van der Waals surface area contributed by atoms with Crippen LogP contribution in [0.25, 0.3) is 0 Å². The van der Waals surface area contributed by atoms with E-state index in [2.05, 4.69) is 27.4 Å². The molecule has 2 rings (SSSR count). The van der Waals surface area contributed by atoms with Crippen molar-refractivity contribution < 1.29 is 4.52 Å². The van der Waals surface area contributed by atoms with Crippen molar-refractivity contribution in [1.82, 2.24) is 15.5 Å². The number of hydrogen-bond donors (Lipinski definition) is 1. The Morgan fingerprint density at radius 2 is 2.50 bits per heavy atom. The monoisotopic (exact) mass is 212 g/mol. The number of thioether (sulfide) groups is 1. The van der Waals surface area contributed by atoms with Crippen LogP contribution in [0.5, 0.6) is 0 Å². The number of aromatic nitrogens is 2. The third-order valence-corrected chi connectivity index (χ3v) is 2.82. The normalized spacial score (nSPS) is 21.0. The van der Waals surface area contributed by atoms with Crippen molar-refractivity contribution in [3.8, 4) is 0 Å². The first kappa shape index (κ1) is 9.51. The van der Waals surface area contributed by atoms with E-state index in [1.807, 2.05) is 0 Å². The minimum absolute atomic E-state index is 0.574. The van der Waals surface area contributed by atoms with Crippen LogP contribution in [0.1, 0.15) is 18.6 Å². The first-order valence-corrected chi connectivity index (χ1v) is 5.36. The maximum atomic E-state index is 4.85. The second kappa shape index (κ2) is 4.00. The maximum Gasteiger partial charge on any atom is 0.223 e. The van der Waals surface area contributed by atoms with E-state index in [0.29, 0.717) is 23.5 Å². The zero-order valence-electron chi connectivity index (χ0n) is 8.15. The van der Waals surface area contributed by atoms with Crippen molar-refractivity contribution in [1.29, 1.82) is 0 Å². The Morgan fingerprint density at radius 3 is 3.07 bits per heavy atom. The van der Waals surface area contributed by atoms with Gasteiger partial charge in [0.15, 0.2) is 11.0 Å². The van der Waals surface area contributed by atoms with E-state index in [1.165, 1.54) is 0 Å². The Labute approximate surface area is 86.4 Å². The van der Waals surface area contributed by atoms with Gasteiger partial charge < -0.3 is 9.84 Å². The number of nitrogens with one attached hydrogen (secondary N) is 1. The Morgan fingerprint density at radius 1 is 1.64 bits per heavy atom. The average Bonchev–Trinajstić information content (AvgIpc) is 2.72. The van der Waals surface area contributed by atoms with Gasteiger partial charge in [-0.1, -0.05) is 23.8 Å². The Bertz CT molecular complexity index is 349. The van der Waals surface area contributed by atoms with Crippen molar-refractivity contribution in [2.45, 2.75) is 25.6 Å². The molecular formula is C8H12N4OS. The Balaban J connectivity index is 1.83. The smallest absolute Gasteiger partial charge is 0.223 e. The Kier molecular flexibility index (Phi) is 2.72. The first-order valence-electron chi connectivity index (χ1n) is 4.48. The zero-order chi connectivity index (χ0) is 9.97. The highest BCUT2D eigenvalue weighted by Crippen LogP contribution is 2.18. The van der Waals surface area contributed by atoms with Crippen LogP contribution in [0.15, 0.2) is 9.52 Å². The quantitative estimate of drug-likeness (QED) is 0.791. The summed E-state index contributed by atoms with van der Waals surface area (Å²) in [6.45, 7) is 5.40. The molecular weight excluding hydrogens is 200 g/mol. The van der Waals surface area contributed by atoms with E-state index in [1.54, 1.807) is 18.7 Å². The highest BCUT2D eigenvalue weighted by Gasteiger charge is 2.14. The summed E-state index contributed by atoms with van der Waals surface area (Å²) in [5, 5.41) is 8.50. The van der Waals surface area contributed by atoms with E-state index in [9.17, 15) is 0 Å². The molecule has 0 saturated carbocycles. The molecule has 0 aromatic carbocycles.